The maximum Gasteiger partial charge on any atom is 0.242 e. The Morgan fingerprint density at radius 2 is 2.39 bits per heavy atom. The highest BCUT2D eigenvalue weighted by molar-refractivity contribution is 9.10. The van der Waals surface area contributed by atoms with E-state index in [0.29, 0.717) is 22.4 Å². The van der Waals surface area contributed by atoms with Crippen LogP contribution in [0.1, 0.15) is 18.4 Å². The number of amides is 1. The van der Waals surface area contributed by atoms with Crippen molar-refractivity contribution in [3.05, 3.63) is 28.9 Å². The van der Waals surface area contributed by atoms with Crippen LogP contribution in [0.15, 0.2) is 23.3 Å². The average molecular weight is 308 g/mol. The number of carbonyl (C=O) groups is 1. The number of fused-ring (bicyclic) bond motifs is 1. The van der Waals surface area contributed by atoms with E-state index in [-0.39, 0.29) is 11.9 Å². The molecule has 1 aromatic rings. The lowest BCUT2D eigenvalue weighted by atomic mass is 10.1. The minimum atomic E-state index is -0.0767. The molecule has 5 heteroatoms. The topological polar surface area (TPSA) is 54.0 Å². The third-order valence-corrected chi connectivity index (χ3v) is 3.99. The third kappa shape index (κ3) is 2.20. The number of rotatable bonds is 3. The van der Waals surface area contributed by atoms with E-state index in [2.05, 4.69) is 38.1 Å². The Hall–Kier alpha value is -1.20. The molecule has 18 heavy (non-hydrogen) atoms. The zero-order valence-electron chi connectivity index (χ0n) is 9.82. The minimum Gasteiger partial charge on any atom is -0.309 e. The molecular weight excluding hydrogens is 294 g/mol. The number of aromatic nitrogens is 1. The van der Waals surface area contributed by atoms with Crippen molar-refractivity contribution in [3.63, 3.8) is 0 Å². The molecule has 2 N–H and O–H groups in total. The molecule has 4 nitrogen and oxygen atoms in total. The van der Waals surface area contributed by atoms with Gasteiger partial charge in [-0.25, -0.2) is 4.98 Å². The van der Waals surface area contributed by atoms with Gasteiger partial charge < -0.3 is 10.6 Å². The van der Waals surface area contributed by atoms with Crippen LogP contribution in [-0.4, -0.2) is 23.0 Å². The van der Waals surface area contributed by atoms with E-state index in [1.54, 1.807) is 6.08 Å². The fourth-order valence-electron chi connectivity index (χ4n) is 2.44. The van der Waals surface area contributed by atoms with Crippen molar-refractivity contribution in [2.24, 2.45) is 5.92 Å². The number of piperidine rings is 1. The number of nitrogens with zero attached hydrogens (tertiary/aromatic N) is 1. The van der Waals surface area contributed by atoms with E-state index in [1.807, 2.05) is 12.1 Å². The Bertz CT molecular complexity index is 507. The van der Waals surface area contributed by atoms with Gasteiger partial charge in [-0.3, -0.25) is 4.79 Å². The van der Waals surface area contributed by atoms with Crippen LogP contribution in [0.5, 0.6) is 0 Å². The summed E-state index contributed by atoms with van der Waals surface area (Å²) in [7, 11) is 0. The normalized spacial score (nSPS) is 28.6. The lowest BCUT2D eigenvalue weighted by molar-refractivity contribution is -0.118. The molecule has 0 spiro atoms. The zero-order valence-corrected chi connectivity index (χ0v) is 11.4. The Morgan fingerprint density at radius 3 is 3.06 bits per heavy atom. The first-order chi connectivity index (χ1) is 8.67. The number of pyridine rings is 1. The second kappa shape index (κ2) is 4.48. The lowest BCUT2D eigenvalue weighted by Gasteiger charge is -2.14. The molecular formula is C13H14BrN3O. The molecule has 3 rings (SSSR count). The molecule has 1 aromatic heterocycles. The summed E-state index contributed by atoms with van der Waals surface area (Å²) >= 11 is 3.30. The Kier molecular flexibility index (Phi) is 2.95. The summed E-state index contributed by atoms with van der Waals surface area (Å²) in [6.07, 6.45) is 3.85. The first kappa shape index (κ1) is 11.9. The largest absolute Gasteiger partial charge is 0.309 e. The number of nitrogens with one attached hydrogen (secondary N) is 2. The lowest BCUT2D eigenvalue weighted by Crippen LogP contribution is -2.38. The molecule has 3 unspecified atom stereocenters. The SMILES string of the molecule is C=Cc1ccc(Br)nc1NC(=O)C1CC2CC2N1. The van der Waals surface area contributed by atoms with Crippen LogP contribution < -0.4 is 10.6 Å². The van der Waals surface area contributed by atoms with Gasteiger partial charge in [0.05, 0.1) is 6.04 Å². The summed E-state index contributed by atoms with van der Waals surface area (Å²) < 4.78 is 0.700. The van der Waals surface area contributed by atoms with Crippen molar-refractivity contribution in [1.82, 2.24) is 10.3 Å². The molecule has 1 amide bonds. The van der Waals surface area contributed by atoms with Crippen LogP contribution in [0.4, 0.5) is 5.82 Å². The maximum absolute atomic E-state index is 12.1. The monoisotopic (exact) mass is 307 g/mol. The molecule has 0 aromatic carbocycles. The van der Waals surface area contributed by atoms with E-state index in [1.165, 1.54) is 6.42 Å². The molecule has 2 heterocycles. The molecule has 0 radical (unpaired) electrons. The Balaban J connectivity index is 1.73. The average Bonchev–Trinajstić information content (AvgIpc) is 2.96. The molecule has 1 saturated heterocycles. The highest BCUT2D eigenvalue weighted by Crippen LogP contribution is 2.40. The highest BCUT2D eigenvalue weighted by atomic mass is 79.9. The molecule has 1 aliphatic carbocycles. The van der Waals surface area contributed by atoms with Gasteiger partial charge >= 0.3 is 0 Å². The maximum atomic E-state index is 12.1. The van der Waals surface area contributed by atoms with Gasteiger partial charge in [0.15, 0.2) is 0 Å². The summed E-state index contributed by atoms with van der Waals surface area (Å²) in [6.45, 7) is 3.72. The molecule has 2 aliphatic rings. The molecule has 3 atom stereocenters. The van der Waals surface area contributed by atoms with Crippen molar-refractivity contribution < 1.29 is 4.79 Å². The molecule has 1 saturated carbocycles. The van der Waals surface area contributed by atoms with E-state index >= 15 is 0 Å². The van der Waals surface area contributed by atoms with E-state index in [0.717, 1.165) is 12.0 Å². The standard InChI is InChI=1S/C13H14BrN3O/c1-2-7-3-4-11(14)16-12(7)17-13(18)10-6-8-5-9(8)15-10/h2-4,8-10,15H,1,5-6H2,(H,16,17,18). The predicted molar refractivity (Wildman–Crippen MR) is 74.1 cm³/mol. The molecule has 2 fully saturated rings. The Labute approximate surface area is 114 Å². The van der Waals surface area contributed by atoms with Gasteiger partial charge in [-0.1, -0.05) is 12.7 Å². The van der Waals surface area contributed by atoms with E-state index < -0.39 is 0 Å². The smallest absolute Gasteiger partial charge is 0.242 e. The fraction of sp³-hybridized carbons (Fsp3) is 0.385. The molecule has 0 bridgehead atoms. The van der Waals surface area contributed by atoms with Crippen molar-refractivity contribution >= 4 is 33.7 Å². The van der Waals surface area contributed by atoms with Crippen LogP contribution >= 0.6 is 15.9 Å². The van der Waals surface area contributed by atoms with Gasteiger partial charge in [0.1, 0.15) is 10.4 Å². The number of halogens is 1. The van der Waals surface area contributed by atoms with Gasteiger partial charge in [0, 0.05) is 11.6 Å². The Morgan fingerprint density at radius 1 is 1.56 bits per heavy atom. The number of anilines is 1. The first-order valence-electron chi connectivity index (χ1n) is 6.03. The van der Waals surface area contributed by atoms with Crippen molar-refractivity contribution in [3.8, 4) is 0 Å². The number of carbonyl (C=O) groups excluding carboxylic acids is 1. The summed E-state index contributed by atoms with van der Waals surface area (Å²) in [5.41, 5.74) is 0.828. The van der Waals surface area contributed by atoms with E-state index in [4.69, 9.17) is 0 Å². The van der Waals surface area contributed by atoms with Crippen LogP contribution in [0.25, 0.3) is 6.08 Å². The second-order valence-electron chi connectivity index (χ2n) is 4.82. The summed E-state index contributed by atoms with van der Waals surface area (Å²) in [4.78, 5) is 16.4. The van der Waals surface area contributed by atoms with Crippen molar-refractivity contribution in [1.29, 1.82) is 0 Å². The minimum absolute atomic E-state index is 0.00380. The second-order valence-corrected chi connectivity index (χ2v) is 5.63. The molecule has 94 valence electrons. The van der Waals surface area contributed by atoms with Gasteiger partial charge in [0.25, 0.3) is 0 Å². The summed E-state index contributed by atoms with van der Waals surface area (Å²) in [6, 6.07) is 4.19. The van der Waals surface area contributed by atoms with Gasteiger partial charge in [-0.05, 0) is 46.8 Å². The summed E-state index contributed by atoms with van der Waals surface area (Å²) in [5.74, 6) is 1.26. The van der Waals surface area contributed by atoms with Crippen LogP contribution in [0.3, 0.4) is 0 Å². The van der Waals surface area contributed by atoms with Crippen LogP contribution in [-0.2, 0) is 4.79 Å². The van der Waals surface area contributed by atoms with Crippen molar-refractivity contribution in [2.75, 3.05) is 5.32 Å². The number of hydrogen-bond acceptors (Lipinski definition) is 3. The highest BCUT2D eigenvalue weighted by Gasteiger charge is 2.47. The fourth-order valence-corrected chi connectivity index (χ4v) is 2.75. The van der Waals surface area contributed by atoms with Crippen molar-refractivity contribution in [2.45, 2.75) is 24.9 Å². The van der Waals surface area contributed by atoms with Gasteiger partial charge in [-0.2, -0.15) is 0 Å². The first-order valence-corrected chi connectivity index (χ1v) is 6.82. The van der Waals surface area contributed by atoms with Gasteiger partial charge in [-0.15, -0.1) is 0 Å². The van der Waals surface area contributed by atoms with Crippen LogP contribution in [0.2, 0.25) is 0 Å². The van der Waals surface area contributed by atoms with E-state index in [9.17, 15) is 4.79 Å². The quantitative estimate of drug-likeness (QED) is 0.842. The predicted octanol–water partition coefficient (Wildman–Crippen LogP) is 2.18. The van der Waals surface area contributed by atoms with Gasteiger partial charge in [0.2, 0.25) is 5.91 Å². The third-order valence-electron chi connectivity index (χ3n) is 3.55. The number of hydrogen-bond donors (Lipinski definition) is 2. The van der Waals surface area contributed by atoms with Crippen LogP contribution in [0, 0.1) is 5.92 Å². The summed E-state index contributed by atoms with van der Waals surface area (Å²) in [5, 5.41) is 6.19. The molecule has 1 aliphatic heterocycles. The zero-order chi connectivity index (χ0) is 12.7.